The number of halogens is 1. The van der Waals surface area contributed by atoms with Gasteiger partial charge in [0.15, 0.2) is 26.5 Å². The molecular formula is C27H38ClN3O6S2. The van der Waals surface area contributed by atoms with Crippen molar-refractivity contribution >= 4 is 54.8 Å². The highest BCUT2D eigenvalue weighted by Crippen LogP contribution is 2.40. The highest BCUT2D eigenvalue weighted by atomic mass is 35.5. The predicted octanol–water partition coefficient (Wildman–Crippen LogP) is 5.31. The van der Waals surface area contributed by atoms with Gasteiger partial charge >= 0.3 is 0 Å². The Morgan fingerprint density at radius 2 is 1.51 bits per heavy atom. The van der Waals surface area contributed by atoms with Crippen molar-refractivity contribution in [3.05, 3.63) is 35.9 Å². The van der Waals surface area contributed by atoms with Crippen molar-refractivity contribution in [2.75, 3.05) is 57.2 Å². The number of rotatable bonds is 14. The van der Waals surface area contributed by atoms with Crippen LogP contribution in [0.4, 0.5) is 5.13 Å². The second-order valence-corrected chi connectivity index (χ2v) is 11.4. The van der Waals surface area contributed by atoms with Gasteiger partial charge in [0, 0.05) is 24.9 Å². The molecule has 12 heteroatoms. The molecule has 39 heavy (non-hydrogen) atoms. The minimum absolute atomic E-state index is 0. The molecule has 0 spiro atoms. The van der Waals surface area contributed by atoms with E-state index in [-0.39, 0.29) is 23.2 Å². The average Bonchev–Trinajstić information content (AvgIpc) is 3.31. The van der Waals surface area contributed by atoms with Crippen LogP contribution in [0.2, 0.25) is 0 Å². The number of thiazole rings is 1. The van der Waals surface area contributed by atoms with E-state index in [1.54, 1.807) is 29.2 Å². The molecule has 2 aromatic carbocycles. The predicted molar refractivity (Wildman–Crippen MR) is 159 cm³/mol. The fourth-order valence-electron chi connectivity index (χ4n) is 4.06. The van der Waals surface area contributed by atoms with Crippen LogP contribution < -0.4 is 19.1 Å². The molecule has 9 nitrogen and oxygen atoms in total. The van der Waals surface area contributed by atoms with Crippen molar-refractivity contribution in [1.29, 1.82) is 0 Å². The van der Waals surface area contributed by atoms with E-state index in [0.717, 1.165) is 19.3 Å². The summed E-state index contributed by atoms with van der Waals surface area (Å²) in [4.78, 5) is 22.7. The van der Waals surface area contributed by atoms with E-state index >= 15 is 0 Å². The molecule has 3 aromatic rings. The van der Waals surface area contributed by atoms with Gasteiger partial charge in [0.05, 0.1) is 29.4 Å². The summed E-state index contributed by atoms with van der Waals surface area (Å²) in [6.07, 6.45) is 1.16. The van der Waals surface area contributed by atoms with Gasteiger partial charge in [-0.15, -0.1) is 12.4 Å². The summed E-state index contributed by atoms with van der Waals surface area (Å²) in [5.41, 5.74) is 0.731. The number of sulfone groups is 1. The van der Waals surface area contributed by atoms with Crippen molar-refractivity contribution in [3.8, 4) is 17.2 Å². The number of carbonyl (C=O) groups is 1. The molecule has 0 radical (unpaired) electrons. The Morgan fingerprint density at radius 1 is 0.923 bits per heavy atom. The quantitative estimate of drug-likeness (QED) is 0.246. The number of anilines is 1. The fourth-order valence-corrected chi connectivity index (χ4v) is 5.97. The van der Waals surface area contributed by atoms with Crippen molar-refractivity contribution < 1.29 is 27.4 Å². The molecule has 0 aliphatic rings. The zero-order chi connectivity index (χ0) is 27.9. The molecule has 3 rings (SSSR count). The minimum atomic E-state index is -3.50. The molecule has 1 aromatic heterocycles. The standard InChI is InChI=1S/C27H37N3O6S2.ClH/c1-7-29(8-2)15-16-30(27-28-24-22(37-27)13-12-14-23(24)38(6,32)33)26(31)19-17-20(34-9-3)25(36-11-5)21(18-19)35-10-4;/h12-14,17-18H,7-11,15-16H2,1-6H3;1H. The smallest absolute Gasteiger partial charge is 0.260 e. The second kappa shape index (κ2) is 14.7. The van der Waals surface area contributed by atoms with Crippen LogP contribution in [0, 0.1) is 0 Å². The molecule has 0 saturated heterocycles. The molecule has 0 aliphatic heterocycles. The third kappa shape index (κ3) is 7.75. The molecule has 1 heterocycles. The number of hydrogen-bond donors (Lipinski definition) is 0. The van der Waals surface area contributed by atoms with Gasteiger partial charge in [0.1, 0.15) is 5.52 Å². The highest BCUT2D eigenvalue weighted by molar-refractivity contribution is 7.91. The maximum atomic E-state index is 14.1. The number of nitrogens with zero attached hydrogens (tertiary/aromatic N) is 3. The molecular weight excluding hydrogens is 562 g/mol. The molecule has 0 fully saturated rings. The van der Waals surface area contributed by atoms with Gasteiger partial charge in [-0.25, -0.2) is 13.4 Å². The van der Waals surface area contributed by atoms with E-state index < -0.39 is 9.84 Å². The Hall–Kier alpha value is -2.60. The van der Waals surface area contributed by atoms with E-state index in [4.69, 9.17) is 14.2 Å². The van der Waals surface area contributed by atoms with Crippen LogP contribution in [-0.4, -0.2) is 76.5 Å². The van der Waals surface area contributed by atoms with Gasteiger partial charge in [0.25, 0.3) is 5.91 Å². The maximum Gasteiger partial charge on any atom is 0.260 e. The number of para-hydroxylation sites is 1. The monoisotopic (exact) mass is 599 g/mol. The third-order valence-corrected chi connectivity index (χ3v) is 8.11. The SMILES string of the molecule is CCOc1cc(C(=O)N(CCN(CC)CC)c2nc3c(S(C)(=O)=O)cccc3s2)cc(OCC)c1OCC.Cl. The molecule has 216 valence electrons. The molecule has 0 aliphatic carbocycles. The van der Waals surface area contributed by atoms with Crippen LogP contribution in [0.15, 0.2) is 35.2 Å². The Morgan fingerprint density at radius 3 is 2.03 bits per heavy atom. The zero-order valence-electron chi connectivity index (χ0n) is 23.4. The number of amides is 1. The average molecular weight is 600 g/mol. The Bertz CT molecular complexity index is 1330. The summed E-state index contributed by atoms with van der Waals surface area (Å²) < 4.78 is 42.9. The topological polar surface area (TPSA) is 98.3 Å². The molecule has 0 atom stereocenters. The summed E-state index contributed by atoms with van der Waals surface area (Å²) in [5, 5.41) is 0.429. The zero-order valence-corrected chi connectivity index (χ0v) is 25.8. The molecule has 0 bridgehead atoms. The molecule has 1 amide bonds. The van der Waals surface area contributed by atoms with Crippen molar-refractivity contribution in [3.63, 3.8) is 0 Å². The van der Waals surface area contributed by atoms with Crippen LogP contribution in [0.3, 0.4) is 0 Å². The first-order chi connectivity index (χ1) is 18.2. The van der Waals surface area contributed by atoms with Crippen LogP contribution in [0.5, 0.6) is 17.2 Å². The normalized spacial score (nSPS) is 11.4. The largest absolute Gasteiger partial charge is 0.490 e. The Kier molecular flexibility index (Phi) is 12.3. The summed E-state index contributed by atoms with van der Waals surface area (Å²) >= 11 is 1.29. The number of aromatic nitrogens is 1. The first-order valence-corrected chi connectivity index (χ1v) is 15.6. The molecule has 0 unspecified atom stereocenters. The van der Waals surface area contributed by atoms with E-state index in [1.807, 2.05) is 26.8 Å². The van der Waals surface area contributed by atoms with E-state index in [0.29, 0.717) is 71.1 Å². The number of ether oxygens (including phenoxy) is 3. The van der Waals surface area contributed by atoms with Gasteiger partial charge < -0.3 is 19.1 Å². The minimum Gasteiger partial charge on any atom is -0.490 e. The third-order valence-electron chi connectivity index (χ3n) is 5.94. The van der Waals surface area contributed by atoms with Crippen molar-refractivity contribution in [1.82, 2.24) is 9.88 Å². The van der Waals surface area contributed by atoms with Gasteiger partial charge in [0.2, 0.25) is 5.75 Å². The lowest BCUT2D eigenvalue weighted by molar-refractivity contribution is 0.0982. The lowest BCUT2D eigenvalue weighted by atomic mass is 10.1. The molecule has 0 saturated carbocycles. The van der Waals surface area contributed by atoms with E-state index in [9.17, 15) is 13.2 Å². The van der Waals surface area contributed by atoms with Crippen LogP contribution >= 0.6 is 23.7 Å². The Balaban J connectivity index is 0.00000533. The first kappa shape index (κ1) is 32.6. The Labute approximate surface area is 241 Å². The summed E-state index contributed by atoms with van der Waals surface area (Å²) in [5.74, 6) is 1.02. The van der Waals surface area contributed by atoms with Gasteiger partial charge in [-0.05, 0) is 58.1 Å². The van der Waals surface area contributed by atoms with Crippen LogP contribution in [0.25, 0.3) is 10.2 Å². The summed E-state index contributed by atoms with van der Waals surface area (Å²) in [7, 11) is -3.50. The maximum absolute atomic E-state index is 14.1. The number of benzene rings is 2. The number of likely N-dealkylation sites (N-methyl/N-ethyl adjacent to an activating group) is 1. The first-order valence-electron chi connectivity index (χ1n) is 12.9. The number of hydrogen-bond acceptors (Lipinski definition) is 9. The van der Waals surface area contributed by atoms with Crippen LogP contribution in [0.1, 0.15) is 45.0 Å². The number of carbonyl (C=O) groups excluding carboxylic acids is 1. The lowest BCUT2D eigenvalue weighted by Crippen LogP contribution is -2.39. The number of fused-ring (bicyclic) bond motifs is 1. The fraction of sp³-hybridized carbons (Fsp3) is 0.481. The van der Waals surface area contributed by atoms with Crippen molar-refractivity contribution in [2.45, 2.75) is 39.5 Å². The van der Waals surface area contributed by atoms with Crippen molar-refractivity contribution in [2.24, 2.45) is 0 Å². The van der Waals surface area contributed by atoms with Gasteiger partial charge in [-0.2, -0.15) is 0 Å². The van der Waals surface area contributed by atoms with Gasteiger partial charge in [-0.3, -0.25) is 9.69 Å². The lowest BCUT2D eigenvalue weighted by Gasteiger charge is -2.25. The second-order valence-electron chi connectivity index (χ2n) is 8.46. The summed E-state index contributed by atoms with van der Waals surface area (Å²) in [6.45, 7) is 13.6. The summed E-state index contributed by atoms with van der Waals surface area (Å²) in [6, 6.07) is 8.38. The van der Waals surface area contributed by atoms with Crippen LogP contribution in [-0.2, 0) is 9.84 Å². The van der Waals surface area contributed by atoms with Gasteiger partial charge in [-0.1, -0.05) is 31.3 Å². The van der Waals surface area contributed by atoms with E-state index in [1.165, 1.54) is 11.3 Å². The highest BCUT2D eigenvalue weighted by Gasteiger charge is 2.26. The molecule has 0 N–H and O–H groups in total. The van der Waals surface area contributed by atoms with E-state index in [2.05, 4.69) is 23.7 Å².